The number of nitrogens with zero attached hydrogens (tertiary/aromatic N) is 3. The molecule has 3 aromatic rings. The molecule has 2 heterocycles. The summed E-state index contributed by atoms with van der Waals surface area (Å²) in [6, 6.07) is 11.5. The minimum atomic E-state index is -0.286. The summed E-state index contributed by atoms with van der Waals surface area (Å²) in [5.41, 5.74) is 3.14. The maximum absolute atomic E-state index is 11.5. The smallest absolute Gasteiger partial charge is 0.311 e. The Hall–Kier alpha value is -2.89. The summed E-state index contributed by atoms with van der Waals surface area (Å²) in [6.07, 6.45) is 1.90. The van der Waals surface area contributed by atoms with Crippen LogP contribution in [0.25, 0.3) is 16.9 Å². The van der Waals surface area contributed by atoms with Crippen LogP contribution in [0.2, 0.25) is 0 Å². The number of hydrogen-bond acceptors (Lipinski definition) is 5. The van der Waals surface area contributed by atoms with Gasteiger partial charge >= 0.3 is 5.97 Å². The van der Waals surface area contributed by atoms with E-state index in [1.54, 1.807) is 24.7 Å². The van der Waals surface area contributed by atoms with Crippen molar-refractivity contribution in [2.24, 2.45) is 0 Å². The first kappa shape index (κ1) is 15.0. The highest BCUT2D eigenvalue weighted by molar-refractivity contribution is 5.72. The number of fused-ring (bicyclic) bond motifs is 1. The lowest BCUT2D eigenvalue weighted by Gasteiger charge is -2.03. The number of carbonyl (C=O) groups excluding carboxylic acids is 1. The highest BCUT2D eigenvalue weighted by Crippen LogP contribution is 2.21. The first-order chi connectivity index (χ1) is 11.2. The van der Waals surface area contributed by atoms with Gasteiger partial charge in [0, 0.05) is 5.56 Å². The van der Waals surface area contributed by atoms with Gasteiger partial charge in [-0.3, -0.25) is 4.79 Å². The quantitative estimate of drug-likeness (QED) is 0.677. The van der Waals surface area contributed by atoms with Crippen molar-refractivity contribution in [3.8, 4) is 17.0 Å². The Balaban J connectivity index is 1.87. The van der Waals surface area contributed by atoms with Crippen LogP contribution in [0, 0.1) is 0 Å². The van der Waals surface area contributed by atoms with E-state index < -0.39 is 0 Å². The van der Waals surface area contributed by atoms with Crippen LogP contribution in [-0.4, -0.2) is 34.3 Å². The molecule has 0 fully saturated rings. The number of methoxy groups -OCH3 is 1. The van der Waals surface area contributed by atoms with Crippen molar-refractivity contribution in [2.45, 2.75) is 13.3 Å². The summed E-state index contributed by atoms with van der Waals surface area (Å²) in [4.78, 5) is 15.9. The number of rotatable bonds is 5. The van der Waals surface area contributed by atoms with E-state index in [-0.39, 0.29) is 12.4 Å². The van der Waals surface area contributed by atoms with Crippen molar-refractivity contribution in [1.82, 2.24) is 14.6 Å². The molecule has 0 spiro atoms. The molecule has 0 atom stereocenters. The lowest BCUT2D eigenvalue weighted by atomic mass is 10.1. The van der Waals surface area contributed by atoms with Crippen molar-refractivity contribution >= 4 is 11.6 Å². The zero-order chi connectivity index (χ0) is 16.2. The van der Waals surface area contributed by atoms with Crippen LogP contribution in [0.3, 0.4) is 0 Å². The van der Waals surface area contributed by atoms with E-state index in [2.05, 4.69) is 10.1 Å². The maximum Gasteiger partial charge on any atom is 0.311 e. The van der Waals surface area contributed by atoms with E-state index in [4.69, 9.17) is 9.47 Å². The van der Waals surface area contributed by atoms with Crippen molar-refractivity contribution < 1.29 is 14.3 Å². The number of hydrogen-bond donors (Lipinski definition) is 0. The van der Waals surface area contributed by atoms with Gasteiger partial charge in [0.1, 0.15) is 5.75 Å². The molecule has 23 heavy (non-hydrogen) atoms. The maximum atomic E-state index is 11.5. The van der Waals surface area contributed by atoms with E-state index in [9.17, 15) is 4.79 Å². The van der Waals surface area contributed by atoms with Crippen LogP contribution >= 0.6 is 0 Å². The van der Waals surface area contributed by atoms with Crippen molar-refractivity contribution in [2.75, 3.05) is 13.7 Å². The standard InChI is InChI=1S/C17H17N3O3/c1-3-23-17(21)10-13-11-20-16(18-13)9-8-15(19-20)12-4-6-14(22-2)7-5-12/h4-9,11H,3,10H2,1-2H3. The number of benzene rings is 1. The molecule has 0 saturated heterocycles. The fourth-order valence-corrected chi connectivity index (χ4v) is 2.29. The summed E-state index contributed by atoms with van der Waals surface area (Å²) in [5, 5.41) is 4.54. The van der Waals surface area contributed by atoms with E-state index in [1.807, 2.05) is 36.4 Å². The molecule has 6 nitrogen and oxygen atoms in total. The molecule has 0 radical (unpaired) electrons. The summed E-state index contributed by atoms with van der Waals surface area (Å²) in [7, 11) is 1.63. The predicted molar refractivity (Wildman–Crippen MR) is 85.3 cm³/mol. The van der Waals surface area contributed by atoms with E-state index in [0.717, 1.165) is 17.0 Å². The van der Waals surface area contributed by atoms with Gasteiger partial charge < -0.3 is 9.47 Å². The van der Waals surface area contributed by atoms with Crippen LogP contribution in [-0.2, 0) is 16.0 Å². The van der Waals surface area contributed by atoms with Crippen molar-refractivity contribution in [1.29, 1.82) is 0 Å². The van der Waals surface area contributed by atoms with Crippen molar-refractivity contribution in [3.63, 3.8) is 0 Å². The van der Waals surface area contributed by atoms with Crippen LogP contribution in [0.4, 0.5) is 0 Å². The topological polar surface area (TPSA) is 65.7 Å². The highest BCUT2D eigenvalue weighted by Gasteiger charge is 2.10. The fourth-order valence-electron chi connectivity index (χ4n) is 2.29. The van der Waals surface area contributed by atoms with Gasteiger partial charge in [0.2, 0.25) is 0 Å². The van der Waals surface area contributed by atoms with Crippen LogP contribution in [0.15, 0.2) is 42.6 Å². The third kappa shape index (κ3) is 3.31. The van der Waals surface area contributed by atoms with Gasteiger partial charge in [0.15, 0.2) is 5.65 Å². The predicted octanol–water partition coefficient (Wildman–Crippen LogP) is 2.51. The molecule has 0 unspecified atom stereocenters. The first-order valence-electron chi connectivity index (χ1n) is 7.35. The molecule has 0 aliphatic rings. The van der Waals surface area contributed by atoms with Gasteiger partial charge in [-0.2, -0.15) is 5.10 Å². The third-order valence-corrected chi connectivity index (χ3v) is 3.39. The molecule has 6 heteroatoms. The number of aromatic nitrogens is 3. The SMILES string of the molecule is CCOC(=O)Cc1cn2nc(-c3ccc(OC)cc3)ccc2n1. The molecule has 0 N–H and O–H groups in total. The molecule has 1 aromatic carbocycles. The Bertz CT molecular complexity index is 825. The Morgan fingerprint density at radius 1 is 1.17 bits per heavy atom. The van der Waals surface area contributed by atoms with Gasteiger partial charge in [-0.25, -0.2) is 9.50 Å². The molecular weight excluding hydrogens is 294 g/mol. The second-order valence-electron chi connectivity index (χ2n) is 4.96. The minimum Gasteiger partial charge on any atom is -0.497 e. The largest absolute Gasteiger partial charge is 0.497 e. The van der Waals surface area contributed by atoms with Gasteiger partial charge in [0.25, 0.3) is 0 Å². The molecule has 0 amide bonds. The molecule has 0 saturated carbocycles. The molecule has 3 rings (SSSR count). The van der Waals surface area contributed by atoms with Crippen molar-refractivity contribution in [3.05, 3.63) is 48.3 Å². The van der Waals surface area contributed by atoms with Crippen LogP contribution in [0.1, 0.15) is 12.6 Å². The Labute approximate surface area is 133 Å². The van der Waals surface area contributed by atoms with E-state index in [1.165, 1.54) is 0 Å². The zero-order valence-corrected chi connectivity index (χ0v) is 13.0. The Morgan fingerprint density at radius 2 is 1.96 bits per heavy atom. The first-order valence-corrected chi connectivity index (χ1v) is 7.35. The molecule has 0 bridgehead atoms. The molecule has 0 aliphatic heterocycles. The van der Waals surface area contributed by atoms with Gasteiger partial charge in [0.05, 0.1) is 37.7 Å². The average molecular weight is 311 g/mol. The van der Waals surface area contributed by atoms with Gasteiger partial charge in [-0.05, 0) is 43.3 Å². The van der Waals surface area contributed by atoms with Gasteiger partial charge in [-0.15, -0.1) is 0 Å². The number of esters is 1. The van der Waals surface area contributed by atoms with Crippen LogP contribution in [0.5, 0.6) is 5.75 Å². The number of carbonyl (C=O) groups is 1. The molecule has 2 aromatic heterocycles. The lowest BCUT2D eigenvalue weighted by molar-refractivity contribution is -0.142. The Kier molecular flexibility index (Phi) is 4.23. The van der Waals surface area contributed by atoms with E-state index in [0.29, 0.717) is 17.9 Å². The minimum absolute atomic E-state index is 0.148. The molecule has 0 aliphatic carbocycles. The Morgan fingerprint density at radius 3 is 2.65 bits per heavy atom. The summed E-state index contributed by atoms with van der Waals surface area (Å²) < 4.78 is 11.8. The van der Waals surface area contributed by atoms with Crippen LogP contribution < -0.4 is 4.74 Å². The second-order valence-corrected chi connectivity index (χ2v) is 4.96. The second kappa shape index (κ2) is 6.48. The van der Waals surface area contributed by atoms with E-state index >= 15 is 0 Å². The number of imidazole rings is 1. The monoisotopic (exact) mass is 311 g/mol. The lowest BCUT2D eigenvalue weighted by Crippen LogP contribution is -2.07. The molecular formula is C17H17N3O3. The fraction of sp³-hybridized carbons (Fsp3) is 0.235. The average Bonchev–Trinajstić information content (AvgIpc) is 2.96. The summed E-state index contributed by atoms with van der Waals surface area (Å²) in [6.45, 7) is 2.15. The summed E-state index contributed by atoms with van der Waals surface area (Å²) >= 11 is 0. The summed E-state index contributed by atoms with van der Waals surface area (Å²) in [5.74, 6) is 0.514. The zero-order valence-electron chi connectivity index (χ0n) is 13.0. The third-order valence-electron chi connectivity index (χ3n) is 3.39. The normalized spacial score (nSPS) is 10.7. The number of ether oxygens (including phenoxy) is 2. The highest BCUT2D eigenvalue weighted by atomic mass is 16.5. The van der Waals surface area contributed by atoms with Gasteiger partial charge in [-0.1, -0.05) is 0 Å². The molecule has 118 valence electrons.